The lowest BCUT2D eigenvalue weighted by molar-refractivity contribution is -0.116. The molecule has 1 atom stereocenters. The molecule has 22 heavy (non-hydrogen) atoms. The Morgan fingerprint density at radius 3 is 2.68 bits per heavy atom. The Bertz CT molecular complexity index is 731. The molecule has 0 radical (unpaired) electrons. The largest absolute Gasteiger partial charge is 0.374 e. The molecule has 4 heteroatoms. The van der Waals surface area contributed by atoms with E-state index in [9.17, 15) is 4.79 Å². The summed E-state index contributed by atoms with van der Waals surface area (Å²) in [6.45, 7) is 5.83. The fourth-order valence-corrected chi connectivity index (χ4v) is 2.11. The highest BCUT2D eigenvalue weighted by atomic mass is 16.2. The SMILES string of the molecule is Cc1ccc(C)c(N[C@@H](C)C(=O)Nc2cccc(C#N)c2)c1. The van der Waals surface area contributed by atoms with Gasteiger partial charge in [-0.15, -0.1) is 0 Å². The van der Waals surface area contributed by atoms with Crippen molar-refractivity contribution in [2.75, 3.05) is 10.6 Å². The number of nitrogens with one attached hydrogen (secondary N) is 2. The van der Waals surface area contributed by atoms with Gasteiger partial charge in [0.15, 0.2) is 0 Å². The van der Waals surface area contributed by atoms with E-state index >= 15 is 0 Å². The average Bonchev–Trinajstić information content (AvgIpc) is 2.51. The van der Waals surface area contributed by atoms with Crippen molar-refractivity contribution in [3.63, 3.8) is 0 Å². The zero-order chi connectivity index (χ0) is 16.1. The number of nitriles is 1. The summed E-state index contributed by atoms with van der Waals surface area (Å²) in [6.07, 6.45) is 0. The number of hydrogen-bond donors (Lipinski definition) is 2. The molecule has 1 amide bonds. The second kappa shape index (κ2) is 6.77. The zero-order valence-electron chi connectivity index (χ0n) is 13.0. The lowest BCUT2D eigenvalue weighted by Gasteiger charge is -2.17. The monoisotopic (exact) mass is 293 g/mol. The molecule has 2 aromatic rings. The number of benzene rings is 2. The molecule has 0 aliphatic rings. The van der Waals surface area contributed by atoms with Gasteiger partial charge in [0.2, 0.25) is 5.91 Å². The number of carbonyl (C=O) groups excluding carboxylic acids is 1. The molecule has 2 rings (SSSR count). The van der Waals surface area contributed by atoms with Gasteiger partial charge in [0.25, 0.3) is 0 Å². The standard InChI is InChI=1S/C18H19N3O/c1-12-7-8-13(2)17(9-12)20-14(3)18(22)21-16-6-4-5-15(10-16)11-19/h4-10,14,20H,1-3H3,(H,21,22)/t14-/m0/s1. The molecule has 0 saturated carbocycles. The molecular weight excluding hydrogens is 274 g/mol. The topological polar surface area (TPSA) is 64.9 Å². The van der Waals surface area contributed by atoms with E-state index in [4.69, 9.17) is 5.26 Å². The molecule has 0 saturated heterocycles. The van der Waals surface area contributed by atoms with Gasteiger partial charge in [-0.2, -0.15) is 5.26 Å². The van der Waals surface area contributed by atoms with Crippen LogP contribution < -0.4 is 10.6 Å². The molecule has 0 heterocycles. The first-order chi connectivity index (χ1) is 10.5. The summed E-state index contributed by atoms with van der Waals surface area (Å²) in [5.41, 5.74) is 4.33. The van der Waals surface area contributed by atoms with Crippen molar-refractivity contribution < 1.29 is 4.79 Å². The maximum atomic E-state index is 12.3. The van der Waals surface area contributed by atoms with E-state index in [-0.39, 0.29) is 11.9 Å². The summed E-state index contributed by atoms with van der Waals surface area (Å²) in [5, 5.41) is 14.9. The fraction of sp³-hybridized carbons (Fsp3) is 0.222. The van der Waals surface area contributed by atoms with E-state index < -0.39 is 0 Å². The van der Waals surface area contributed by atoms with E-state index in [1.54, 1.807) is 24.3 Å². The van der Waals surface area contributed by atoms with Gasteiger partial charge in [-0.1, -0.05) is 18.2 Å². The Morgan fingerprint density at radius 1 is 1.18 bits per heavy atom. The Labute approximate surface area is 130 Å². The quantitative estimate of drug-likeness (QED) is 0.905. The van der Waals surface area contributed by atoms with Gasteiger partial charge in [-0.3, -0.25) is 4.79 Å². The molecular formula is C18H19N3O. The Kier molecular flexibility index (Phi) is 4.80. The minimum atomic E-state index is -0.383. The van der Waals surface area contributed by atoms with E-state index in [1.165, 1.54) is 0 Å². The molecule has 0 unspecified atom stereocenters. The van der Waals surface area contributed by atoms with Crippen LogP contribution in [0.5, 0.6) is 0 Å². The van der Waals surface area contributed by atoms with Crippen molar-refractivity contribution in [3.8, 4) is 6.07 Å². The molecule has 0 aliphatic carbocycles. The number of aryl methyl sites for hydroxylation is 2. The summed E-state index contributed by atoms with van der Waals surface area (Å²) in [6, 6.07) is 14.6. The van der Waals surface area contributed by atoms with Gasteiger partial charge in [0.1, 0.15) is 6.04 Å². The highest BCUT2D eigenvalue weighted by molar-refractivity contribution is 5.96. The molecule has 0 spiro atoms. The van der Waals surface area contributed by atoms with E-state index in [2.05, 4.69) is 16.7 Å². The lowest BCUT2D eigenvalue weighted by Crippen LogP contribution is -2.32. The second-order valence-corrected chi connectivity index (χ2v) is 5.37. The highest BCUT2D eigenvalue weighted by Crippen LogP contribution is 2.18. The second-order valence-electron chi connectivity index (χ2n) is 5.37. The van der Waals surface area contributed by atoms with Crippen LogP contribution in [0.1, 0.15) is 23.6 Å². The van der Waals surface area contributed by atoms with Crippen molar-refractivity contribution in [1.82, 2.24) is 0 Å². The minimum absolute atomic E-state index is 0.143. The normalized spacial score (nSPS) is 11.4. The molecule has 2 aromatic carbocycles. The van der Waals surface area contributed by atoms with E-state index in [1.807, 2.05) is 39.0 Å². The smallest absolute Gasteiger partial charge is 0.246 e. The number of carbonyl (C=O) groups is 1. The van der Waals surface area contributed by atoms with Crippen LogP contribution in [0, 0.1) is 25.2 Å². The van der Waals surface area contributed by atoms with Gasteiger partial charge in [0, 0.05) is 11.4 Å². The number of rotatable bonds is 4. The third kappa shape index (κ3) is 3.86. The predicted octanol–water partition coefficient (Wildman–Crippen LogP) is 3.61. The molecule has 112 valence electrons. The van der Waals surface area contributed by atoms with Crippen LogP contribution in [-0.4, -0.2) is 11.9 Å². The Balaban J connectivity index is 2.06. The van der Waals surface area contributed by atoms with Crippen molar-refractivity contribution in [2.24, 2.45) is 0 Å². The number of amides is 1. The summed E-state index contributed by atoms with van der Waals surface area (Å²) < 4.78 is 0. The Morgan fingerprint density at radius 2 is 1.95 bits per heavy atom. The van der Waals surface area contributed by atoms with Crippen LogP contribution in [0.2, 0.25) is 0 Å². The minimum Gasteiger partial charge on any atom is -0.374 e. The first kappa shape index (κ1) is 15.6. The highest BCUT2D eigenvalue weighted by Gasteiger charge is 2.14. The first-order valence-corrected chi connectivity index (χ1v) is 7.14. The van der Waals surface area contributed by atoms with Gasteiger partial charge < -0.3 is 10.6 Å². The van der Waals surface area contributed by atoms with Gasteiger partial charge >= 0.3 is 0 Å². The molecule has 0 fully saturated rings. The molecule has 4 nitrogen and oxygen atoms in total. The third-order valence-corrected chi connectivity index (χ3v) is 3.42. The van der Waals surface area contributed by atoms with Crippen LogP contribution in [0.3, 0.4) is 0 Å². The van der Waals surface area contributed by atoms with Gasteiger partial charge in [-0.05, 0) is 56.2 Å². The number of anilines is 2. The van der Waals surface area contributed by atoms with Crippen LogP contribution in [-0.2, 0) is 4.79 Å². The van der Waals surface area contributed by atoms with Gasteiger partial charge in [0.05, 0.1) is 11.6 Å². The summed E-state index contributed by atoms with van der Waals surface area (Å²) in [4.78, 5) is 12.3. The molecule has 0 aromatic heterocycles. The number of nitrogens with zero attached hydrogens (tertiary/aromatic N) is 1. The fourth-order valence-electron chi connectivity index (χ4n) is 2.11. The third-order valence-electron chi connectivity index (χ3n) is 3.42. The Hall–Kier alpha value is -2.80. The van der Waals surface area contributed by atoms with Crippen LogP contribution in [0.4, 0.5) is 11.4 Å². The maximum absolute atomic E-state index is 12.3. The summed E-state index contributed by atoms with van der Waals surface area (Å²) in [7, 11) is 0. The van der Waals surface area contributed by atoms with Crippen molar-refractivity contribution in [3.05, 3.63) is 59.2 Å². The first-order valence-electron chi connectivity index (χ1n) is 7.14. The van der Waals surface area contributed by atoms with Crippen molar-refractivity contribution in [1.29, 1.82) is 5.26 Å². The summed E-state index contributed by atoms with van der Waals surface area (Å²) in [5.74, 6) is -0.143. The van der Waals surface area contributed by atoms with E-state index in [0.29, 0.717) is 11.3 Å². The van der Waals surface area contributed by atoms with Gasteiger partial charge in [-0.25, -0.2) is 0 Å². The van der Waals surface area contributed by atoms with Crippen molar-refractivity contribution >= 4 is 17.3 Å². The van der Waals surface area contributed by atoms with Crippen molar-refractivity contribution in [2.45, 2.75) is 26.8 Å². The molecule has 0 bridgehead atoms. The lowest BCUT2D eigenvalue weighted by atomic mass is 10.1. The maximum Gasteiger partial charge on any atom is 0.246 e. The van der Waals surface area contributed by atoms with Crippen LogP contribution in [0.15, 0.2) is 42.5 Å². The summed E-state index contributed by atoms with van der Waals surface area (Å²) >= 11 is 0. The number of hydrogen-bond acceptors (Lipinski definition) is 3. The predicted molar refractivity (Wildman–Crippen MR) is 88.8 cm³/mol. The van der Waals surface area contributed by atoms with Crippen LogP contribution in [0.25, 0.3) is 0 Å². The zero-order valence-corrected chi connectivity index (χ0v) is 13.0. The van der Waals surface area contributed by atoms with E-state index in [0.717, 1.165) is 16.8 Å². The average molecular weight is 293 g/mol. The molecule has 0 aliphatic heterocycles. The van der Waals surface area contributed by atoms with Crippen LogP contribution >= 0.6 is 0 Å². The molecule has 2 N–H and O–H groups in total.